The SMILES string of the molecule is CCOC(=O)C1(c2ccc(-c3ccc(-c4sc(F)cc4NC(=O)OC(C)c4ccccc4F)cc3OC)cc2)CC1. The van der Waals surface area contributed by atoms with Crippen LogP contribution in [0.1, 0.15) is 43.9 Å². The Labute approximate surface area is 240 Å². The number of carbonyl (C=O) groups excluding carboxylic acids is 2. The van der Waals surface area contributed by atoms with E-state index in [-0.39, 0.29) is 17.2 Å². The molecule has 1 amide bonds. The maximum atomic E-state index is 14.4. The number of amides is 1. The van der Waals surface area contributed by atoms with Gasteiger partial charge in [-0.2, -0.15) is 4.39 Å². The first kappa shape index (κ1) is 28.3. The van der Waals surface area contributed by atoms with E-state index in [1.807, 2.05) is 36.4 Å². The van der Waals surface area contributed by atoms with E-state index >= 15 is 0 Å². The third kappa shape index (κ3) is 5.81. The standard InChI is InChI=1S/C32H29F2NO5S/c1-4-39-30(36)32(15-16-32)22-12-9-20(10-13-22)24-14-11-21(17-27(24)38-3)29-26(18-28(34)41-29)35-31(37)40-19(2)23-7-5-6-8-25(23)33/h5-14,17-19H,4,15-16H2,1-3H3,(H,35,37). The van der Waals surface area contributed by atoms with Crippen molar-refractivity contribution in [3.05, 3.63) is 94.9 Å². The third-order valence-electron chi connectivity index (χ3n) is 7.19. The van der Waals surface area contributed by atoms with Crippen LogP contribution in [0.15, 0.2) is 72.8 Å². The van der Waals surface area contributed by atoms with E-state index in [0.29, 0.717) is 22.8 Å². The van der Waals surface area contributed by atoms with E-state index in [2.05, 4.69) is 5.32 Å². The minimum Gasteiger partial charge on any atom is -0.496 e. The number of methoxy groups -OCH3 is 1. The number of hydrogen-bond acceptors (Lipinski definition) is 6. The van der Waals surface area contributed by atoms with Crippen LogP contribution in [0.2, 0.25) is 0 Å². The lowest BCUT2D eigenvalue weighted by Crippen LogP contribution is -2.23. The highest BCUT2D eigenvalue weighted by Gasteiger charge is 2.52. The summed E-state index contributed by atoms with van der Waals surface area (Å²) < 4.78 is 44.8. The van der Waals surface area contributed by atoms with Crippen LogP contribution < -0.4 is 10.1 Å². The number of hydrogen-bond donors (Lipinski definition) is 1. The summed E-state index contributed by atoms with van der Waals surface area (Å²) in [7, 11) is 1.55. The summed E-state index contributed by atoms with van der Waals surface area (Å²) in [5.74, 6) is -0.118. The minimum atomic E-state index is -0.846. The van der Waals surface area contributed by atoms with Crippen molar-refractivity contribution >= 4 is 29.1 Å². The van der Waals surface area contributed by atoms with Gasteiger partial charge in [0.1, 0.15) is 17.7 Å². The van der Waals surface area contributed by atoms with Crippen LogP contribution in [0.25, 0.3) is 21.6 Å². The summed E-state index contributed by atoms with van der Waals surface area (Å²) in [6, 6.07) is 20.5. The van der Waals surface area contributed by atoms with Gasteiger partial charge in [0.2, 0.25) is 0 Å². The average molecular weight is 578 g/mol. The zero-order valence-corrected chi connectivity index (χ0v) is 23.6. The van der Waals surface area contributed by atoms with Crippen LogP contribution in [0.3, 0.4) is 0 Å². The maximum absolute atomic E-state index is 14.4. The topological polar surface area (TPSA) is 73.9 Å². The molecule has 1 aliphatic rings. The number of carbonyl (C=O) groups is 2. The normalized spacial score (nSPS) is 14.2. The second-order valence-electron chi connectivity index (χ2n) is 9.78. The Morgan fingerprint density at radius 3 is 2.37 bits per heavy atom. The van der Waals surface area contributed by atoms with Crippen LogP contribution in [-0.4, -0.2) is 25.8 Å². The van der Waals surface area contributed by atoms with Crippen molar-refractivity contribution in [3.8, 4) is 27.3 Å². The van der Waals surface area contributed by atoms with E-state index in [1.54, 1.807) is 39.2 Å². The molecule has 6 nitrogen and oxygen atoms in total. The molecular formula is C32H29F2NO5S. The lowest BCUT2D eigenvalue weighted by molar-refractivity contribution is -0.146. The second-order valence-corrected chi connectivity index (χ2v) is 10.8. The molecule has 1 N–H and O–H groups in total. The predicted molar refractivity (Wildman–Crippen MR) is 154 cm³/mol. The molecule has 0 aliphatic heterocycles. The van der Waals surface area contributed by atoms with Crippen molar-refractivity contribution in [3.63, 3.8) is 0 Å². The van der Waals surface area contributed by atoms with Crippen molar-refractivity contribution in [2.75, 3.05) is 19.0 Å². The molecule has 1 aromatic heterocycles. The molecule has 3 aromatic carbocycles. The molecule has 1 saturated carbocycles. The number of rotatable bonds is 9. The maximum Gasteiger partial charge on any atom is 0.412 e. The lowest BCUT2D eigenvalue weighted by Gasteiger charge is -2.16. The quantitative estimate of drug-likeness (QED) is 0.203. The van der Waals surface area contributed by atoms with E-state index in [4.69, 9.17) is 14.2 Å². The van der Waals surface area contributed by atoms with Gasteiger partial charge >= 0.3 is 12.1 Å². The van der Waals surface area contributed by atoms with E-state index in [0.717, 1.165) is 40.9 Å². The number of ether oxygens (including phenoxy) is 3. The van der Waals surface area contributed by atoms with Gasteiger partial charge in [0.05, 0.1) is 29.7 Å². The molecular weight excluding hydrogens is 548 g/mol. The molecule has 1 heterocycles. The molecule has 0 bridgehead atoms. The molecule has 1 fully saturated rings. The Morgan fingerprint density at radius 1 is 1.00 bits per heavy atom. The van der Waals surface area contributed by atoms with Crippen molar-refractivity contribution in [2.24, 2.45) is 0 Å². The molecule has 1 atom stereocenters. The fourth-order valence-corrected chi connectivity index (χ4v) is 5.72. The van der Waals surface area contributed by atoms with Gasteiger partial charge in [-0.1, -0.05) is 54.6 Å². The molecule has 5 rings (SSSR count). The van der Waals surface area contributed by atoms with Gasteiger partial charge < -0.3 is 14.2 Å². The Hall–Kier alpha value is -4.24. The monoisotopic (exact) mass is 577 g/mol. The molecule has 1 aliphatic carbocycles. The molecule has 9 heteroatoms. The number of benzene rings is 3. The summed E-state index contributed by atoms with van der Waals surface area (Å²) in [6.45, 7) is 3.71. The number of anilines is 1. The number of halogens is 2. The first-order chi connectivity index (χ1) is 19.8. The van der Waals surface area contributed by atoms with E-state index in [9.17, 15) is 18.4 Å². The Morgan fingerprint density at radius 2 is 1.71 bits per heavy atom. The molecule has 0 radical (unpaired) electrons. The highest BCUT2D eigenvalue weighted by Crippen LogP contribution is 2.50. The third-order valence-corrected chi connectivity index (χ3v) is 8.17. The Balaban J connectivity index is 1.35. The molecule has 212 valence electrons. The summed E-state index contributed by atoms with van der Waals surface area (Å²) in [5, 5.41) is 2.09. The van der Waals surface area contributed by atoms with Crippen LogP contribution in [0.5, 0.6) is 5.75 Å². The molecule has 41 heavy (non-hydrogen) atoms. The van der Waals surface area contributed by atoms with Gasteiger partial charge in [0.25, 0.3) is 0 Å². The Bertz CT molecular complexity index is 1580. The predicted octanol–water partition coefficient (Wildman–Crippen LogP) is 8.27. The van der Waals surface area contributed by atoms with Gasteiger partial charge in [0, 0.05) is 17.2 Å². The number of esters is 1. The van der Waals surface area contributed by atoms with Crippen LogP contribution in [-0.2, 0) is 19.7 Å². The second kappa shape index (κ2) is 11.7. The largest absolute Gasteiger partial charge is 0.496 e. The van der Waals surface area contributed by atoms with E-state index < -0.39 is 28.6 Å². The summed E-state index contributed by atoms with van der Waals surface area (Å²) in [4.78, 5) is 25.6. The molecule has 0 spiro atoms. The van der Waals surface area contributed by atoms with Crippen molar-refractivity contribution < 1.29 is 32.6 Å². The van der Waals surface area contributed by atoms with Crippen molar-refractivity contribution in [1.82, 2.24) is 0 Å². The average Bonchev–Trinajstić information content (AvgIpc) is 3.70. The smallest absolute Gasteiger partial charge is 0.412 e. The molecule has 1 unspecified atom stereocenters. The number of nitrogens with one attached hydrogen (secondary N) is 1. The summed E-state index contributed by atoms with van der Waals surface area (Å²) in [6.07, 6.45) is -0.139. The lowest BCUT2D eigenvalue weighted by atomic mass is 9.93. The summed E-state index contributed by atoms with van der Waals surface area (Å²) >= 11 is 0.870. The zero-order valence-electron chi connectivity index (χ0n) is 22.8. The first-order valence-electron chi connectivity index (χ1n) is 13.2. The fourth-order valence-electron chi connectivity index (χ4n) is 4.88. The molecule has 4 aromatic rings. The minimum absolute atomic E-state index is 0.187. The highest BCUT2D eigenvalue weighted by atomic mass is 32.1. The first-order valence-corrected chi connectivity index (χ1v) is 14.1. The van der Waals surface area contributed by atoms with Gasteiger partial charge in [-0.05, 0) is 55.5 Å². The van der Waals surface area contributed by atoms with Crippen LogP contribution in [0.4, 0.5) is 19.3 Å². The van der Waals surface area contributed by atoms with Crippen molar-refractivity contribution in [1.29, 1.82) is 0 Å². The van der Waals surface area contributed by atoms with E-state index in [1.165, 1.54) is 18.2 Å². The zero-order chi connectivity index (χ0) is 29.1. The van der Waals surface area contributed by atoms with Gasteiger partial charge in [0.15, 0.2) is 5.13 Å². The van der Waals surface area contributed by atoms with Gasteiger partial charge in [-0.25, -0.2) is 9.18 Å². The highest BCUT2D eigenvalue weighted by molar-refractivity contribution is 7.14. The molecule has 0 saturated heterocycles. The van der Waals surface area contributed by atoms with Crippen LogP contribution in [0, 0.1) is 10.9 Å². The van der Waals surface area contributed by atoms with Gasteiger partial charge in [-0.3, -0.25) is 10.1 Å². The van der Waals surface area contributed by atoms with Crippen LogP contribution >= 0.6 is 11.3 Å². The summed E-state index contributed by atoms with van der Waals surface area (Å²) in [5.41, 5.74) is 3.17. The van der Waals surface area contributed by atoms with Gasteiger partial charge in [-0.15, -0.1) is 11.3 Å². The van der Waals surface area contributed by atoms with Crippen molar-refractivity contribution in [2.45, 2.75) is 38.2 Å². The Kier molecular flexibility index (Phi) is 8.08. The fraction of sp³-hybridized carbons (Fsp3) is 0.250. The number of thiophene rings is 1.